The van der Waals surface area contributed by atoms with Gasteiger partial charge in [0.2, 0.25) is 5.91 Å². The number of ether oxygens (including phenoxy) is 2. The van der Waals surface area contributed by atoms with Crippen LogP contribution in [0, 0.1) is 0 Å². The summed E-state index contributed by atoms with van der Waals surface area (Å²) in [6.07, 6.45) is 0.960. The van der Waals surface area contributed by atoms with Crippen molar-refractivity contribution >= 4 is 17.7 Å². The first-order valence-electron chi connectivity index (χ1n) is 10.8. The lowest BCUT2D eigenvalue weighted by molar-refractivity contribution is -0.121. The minimum atomic E-state index is -0.0529. The first-order chi connectivity index (χ1) is 16.0. The monoisotopic (exact) mass is 469 g/mol. The highest BCUT2D eigenvalue weighted by Crippen LogP contribution is 2.25. The van der Waals surface area contributed by atoms with Crippen LogP contribution in [0.3, 0.4) is 0 Å². The molecule has 1 N–H and O–H groups in total. The molecular formula is C24H31N5O3S. The third-order valence-corrected chi connectivity index (χ3v) is 5.95. The van der Waals surface area contributed by atoms with E-state index in [1.807, 2.05) is 67.2 Å². The summed E-state index contributed by atoms with van der Waals surface area (Å²) in [4.78, 5) is 14.7. The van der Waals surface area contributed by atoms with Crippen LogP contribution >= 0.6 is 11.8 Å². The maximum absolute atomic E-state index is 12.6. The van der Waals surface area contributed by atoms with E-state index in [9.17, 15) is 4.79 Å². The van der Waals surface area contributed by atoms with Crippen molar-refractivity contribution in [3.05, 3.63) is 59.9 Å². The van der Waals surface area contributed by atoms with Crippen molar-refractivity contribution in [2.24, 2.45) is 0 Å². The number of aromatic nitrogens is 3. The Kier molecular flexibility index (Phi) is 9.14. The molecular weight excluding hydrogens is 438 g/mol. The van der Waals surface area contributed by atoms with E-state index in [4.69, 9.17) is 9.47 Å². The van der Waals surface area contributed by atoms with Crippen molar-refractivity contribution in [1.29, 1.82) is 0 Å². The van der Waals surface area contributed by atoms with Gasteiger partial charge in [0, 0.05) is 24.8 Å². The fraction of sp³-hybridized carbons (Fsp3) is 0.375. The van der Waals surface area contributed by atoms with E-state index in [1.54, 1.807) is 26.0 Å². The SMILES string of the molecule is COc1cccc(-n2c(CNC(=O)CCc3ccccc3OC)nnc2SCCN(C)C)c1. The van der Waals surface area contributed by atoms with Gasteiger partial charge < -0.3 is 19.7 Å². The standard InChI is InChI=1S/C24H31N5O3S/c1-28(2)14-15-33-24-27-26-22(29(24)19-9-7-10-20(16-19)31-3)17-25-23(30)13-12-18-8-5-6-11-21(18)32-4/h5-11,16H,12-15,17H2,1-4H3,(H,25,30). The van der Waals surface area contributed by atoms with Crippen molar-refractivity contribution < 1.29 is 14.3 Å². The first kappa shape index (κ1) is 24.6. The summed E-state index contributed by atoms with van der Waals surface area (Å²) in [6, 6.07) is 15.5. The third-order valence-electron chi connectivity index (χ3n) is 5.04. The van der Waals surface area contributed by atoms with Crippen LogP contribution in [0.25, 0.3) is 5.69 Å². The Balaban J connectivity index is 1.70. The molecule has 0 radical (unpaired) electrons. The van der Waals surface area contributed by atoms with Crippen molar-refractivity contribution in [2.75, 3.05) is 40.6 Å². The maximum Gasteiger partial charge on any atom is 0.220 e. The number of methoxy groups -OCH3 is 2. The van der Waals surface area contributed by atoms with Gasteiger partial charge in [0.25, 0.3) is 0 Å². The van der Waals surface area contributed by atoms with Crippen LogP contribution in [0.1, 0.15) is 17.8 Å². The molecule has 1 heterocycles. The van der Waals surface area contributed by atoms with Gasteiger partial charge in [-0.2, -0.15) is 0 Å². The third kappa shape index (κ3) is 6.97. The Morgan fingerprint density at radius 2 is 1.91 bits per heavy atom. The molecule has 176 valence electrons. The van der Waals surface area contributed by atoms with E-state index in [-0.39, 0.29) is 12.5 Å². The number of hydrogen-bond donors (Lipinski definition) is 1. The second-order valence-electron chi connectivity index (χ2n) is 7.68. The van der Waals surface area contributed by atoms with Gasteiger partial charge in [0.05, 0.1) is 26.5 Å². The molecule has 2 aromatic carbocycles. The number of hydrogen-bond acceptors (Lipinski definition) is 7. The molecule has 3 rings (SSSR count). The predicted molar refractivity (Wildman–Crippen MR) is 130 cm³/mol. The maximum atomic E-state index is 12.6. The number of nitrogens with one attached hydrogen (secondary N) is 1. The van der Waals surface area contributed by atoms with Gasteiger partial charge in [-0.05, 0) is 44.3 Å². The molecule has 0 bridgehead atoms. The van der Waals surface area contributed by atoms with E-state index in [0.717, 1.165) is 40.2 Å². The zero-order valence-electron chi connectivity index (χ0n) is 19.6. The molecule has 0 aliphatic carbocycles. The van der Waals surface area contributed by atoms with Gasteiger partial charge in [-0.3, -0.25) is 9.36 Å². The topological polar surface area (TPSA) is 81.5 Å². The Labute approximate surface area is 199 Å². The number of nitrogens with zero attached hydrogens (tertiary/aromatic N) is 4. The van der Waals surface area contributed by atoms with E-state index < -0.39 is 0 Å². The predicted octanol–water partition coefficient (Wildman–Crippen LogP) is 3.19. The number of aryl methyl sites for hydroxylation is 1. The number of carbonyl (C=O) groups is 1. The van der Waals surface area contributed by atoms with Crippen molar-refractivity contribution in [3.8, 4) is 17.2 Å². The molecule has 1 aromatic heterocycles. The van der Waals surface area contributed by atoms with Gasteiger partial charge >= 0.3 is 0 Å². The normalized spacial score (nSPS) is 10.9. The highest BCUT2D eigenvalue weighted by Gasteiger charge is 2.16. The molecule has 0 unspecified atom stereocenters. The minimum absolute atomic E-state index is 0.0529. The van der Waals surface area contributed by atoms with Crippen LogP contribution in [0.15, 0.2) is 53.7 Å². The average Bonchev–Trinajstić information content (AvgIpc) is 3.24. The minimum Gasteiger partial charge on any atom is -0.497 e. The largest absolute Gasteiger partial charge is 0.497 e. The summed E-state index contributed by atoms with van der Waals surface area (Å²) < 4.78 is 12.7. The molecule has 0 saturated heterocycles. The quantitative estimate of drug-likeness (QED) is 0.408. The molecule has 3 aromatic rings. The van der Waals surface area contributed by atoms with Gasteiger partial charge in [0.1, 0.15) is 11.5 Å². The average molecular weight is 470 g/mol. The molecule has 0 aliphatic heterocycles. The zero-order valence-corrected chi connectivity index (χ0v) is 20.4. The summed E-state index contributed by atoms with van der Waals surface area (Å²) in [5, 5.41) is 12.5. The van der Waals surface area contributed by atoms with Crippen LogP contribution < -0.4 is 14.8 Å². The molecule has 0 fully saturated rings. The van der Waals surface area contributed by atoms with Crippen LogP contribution in [0.2, 0.25) is 0 Å². The zero-order chi connectivity index (χ0) is 23.6. The highest BCUT2D eigenvalue weighted by atomic mass is 32.2. The molecule has 8 nitrogen and oxygen atoms in total. The number of carbonyl (C=O) groups excluding carboxylic acids is 1. The molecule has 1 amide bonds. The Bertz CT molecular complexity index is 1050. The first-order valence-corrected chi connectivity index (χ1v) is 11.7. The molecule has 0 spiro atoms. The lowest BCUT2D eigenvalue weighted by Gasteiger charge is -2.13. The summed E-state index contributed by atoms with van der Waals surface area (Å²) in [5.41, 5.74) is 1.90. The van der Waals surface area contributed by atoms with Gasteiger partial charge in [-0.15, -0.1) is 10.2 Å². The van der Waals surface area contributed by atoms with Crippen LogP contribution in [0.4, 0.5) is 0 Å². The fourth-order valence-corrected chi connectivity index (χ4v) is 4.34. The smallest absolute Gasteiger partial charge is 0.220 e. The number of rotatable bonds is 12. The summed E-state index contributed by atoms with van der Waals surface area (Å²) in [5.74, 6) is 3.03. The van der Waals surface area contributed by atoms with Gasteiger partial charge in [0.15, 0.2) is 11.0 Å². The van der Waals surface area contributed by atoms with E-state index >= 15 is 0 Å². The Hall–Kier alpha value is -3.04. The molecule has 0 saturated carbocycles. The van der Waals surface area contributed by atoms with Crippen molar-refractivity contribution in [2.45, 2.75) is 24.5 Å². The molecule has 0 aliphatic rings. The lowest BCUT2D eigenvalue weighted by atomic mass is 10.1. The number of benzene rings is 2. The van der Waals surface area contributed by atoms with Crippen LogP contribution in [-0.4, -0.2) is 66.2 Å². The summed E-state index contributed by atoms with van der Waals surface area (Å²) in [7, 11) is 7.36. The number of amides is 1. The summed E-state index contributed by atoms with van der Waals surface area (Å²) in [6.45, 7) is 1.20. The molecule has 33 heavy (non-hydrogen) atoms. The fourth-order valence-electron chi connectivity index (χ4n) is 3.26. The molecule has 0 atom stereocenters. The van der Waals surface area contributed by atoms with Crippen LogP contribution in [-0.2, 0) is 17.8 Å². The Morgan fingerprint density at radius 3 is 2.67 bits per heavy atom. The molecule has 9 heteroatoms. The van der Waals surface area contributed by atoms with E-state index in [2.05, 4.69) is 20.4 Å². The second kappa shape index (κ2) is 12.3. The second-order valence-corrected chi connectivity index (χ2v) is 8.74. The number of para-hydroxylation sites is 1. The van der Waals surface area contributed by atoms with Crippen molar-refractivity contribution in [1.82, 2.24) is 25.0 Å². The lowest BCUT2D eigenvalue weighted by Crippen LogP contribution is -2.25. The summed E-state index contributed by atoms with van der Waals surface area (Å²) >= 11 is 1.63. The van der Waals surface area contributed by atoms with Crippen molar-refractivity contribution in [3.63, 3.8) is 0 Å². The van der Waals surface area contributed by atoms with E-state index in [1.165, 1.54) is 0 Å². The van der Waals surface area contributed by atoms with Gasteiger partial charge in [-0.1, -0.05) is 36.0 Å². The number of thioether (sulfide) groups is 1. The van der Waals surface area contributed by atoms with E-state index in [0.29, 0.717) is 18.7 Å². The highest BCUT2D eigenvalue weighted by molar-refractivity contribution is 7.99. The Morgan fingerprint density at radius 1 is 1.09 bits per heavy atom. The van der Waals surface area contributed by atoms with Gasteiger partial charge in [-0.25, -0.2) is 0 Å². The van der Waals surface area contributed by atoms with Crippen LogP contribution in [0.5, 0.6) is 11.5 Å².